The van der Waals surface area contributed by atoms with E-state index in [9.17, 15) is 4.79 Å². The monoisotopic (exact) mass is 417 g/mol. The van der Waals surface area contributed by atoms with Gasteiger partial charge in [0.05, 0.1) is 5.56 Å². The molecule has 0 radical (unpaired) electrons. The van der Waals surface area contributed by atoms with Crippen molar-refractivity contribution in [1.29, 1.82) is 0 Å². The van der Waals surface area contributed by atoms with Gasteiger partial charge in [0.15, 0.2) is 0 Å². The third-order valence-electron chi connectivity index (χ3n) is 5.75. The van der Waals surface area contributed by atoms with Gasteiger partial charge in [-0.05, 0) is 43.0 Å². The molecule has 1 aromatic carbocycles. The van der Waals surface area contributed by atoms with Crippen molar-refractivity contribution >= 4 is 22.6 Å². The number of carbonyl (C=O) groups excluding carboxylic acids is 1. The Hall–Kier alpha value is -3.28. The van der Waals surface area contributed by atoms with E-state index in [4.69, 9.17) is 0 Å². The number of aromatic amines is 1. The Morgan fingerprint density at radius 1 is 1.19 bits per heavy atom. The number of pyridine rings is 1. The lowest BCUT2D eigenvalue weighted by Gasteiger charge is -2.34. The van der Waals surface area contributed by atoms with Gasteiger partial charge in [0.2, 0.25) is 0 Å². The van der Waals surface area contributed by atoms with E-state index in [1.165, 1.54) is 10.9 Å². The number of allylic oxidation sites excluding steroid dienone is 1. The number of nitrogens with one attached hydrogen (secondary N) is 2. The zero-order valence-electron chi connectivity index (χ0n) is 18.6. The van der Waals surface area contributed by atoms with Crippen molar-refractivity contribution in [2.24, 2.45) is 5.92 Å². The molecule has 1 aliphatic heterocycles. The average molecular weight is 418 g/mol. The van der Waals surface area contributed by atoms with Crippen LogP contribution < -0.4 is 5.32 Å². The first-order valence-corrected chi connectivity index (χ1v) is 11.0. The van der Waals surface area contributed by atoms with E-state index in [1.54, 1.807) is 6.20 Å². The number of nitrogens with zero attached hydrogens (tertiary/aromatic N) is 3. The molecule has 1 amide bonds. The second-order valence-corrected chi connectivity index (χ2v) is 8.57. The maximum atomic E-state index is 13.3. The number of benzene rings is 1. The van der Waals surface area contributed by atoms with E-state index in [2.05, 4.69) is 64.6 Å². The topological polar surface area (TPSA) is 64.3 Å². The molecule has 0 saturated carbocycles. The van der Waals surface area contributed by atoms with Crippen LogP contribution in [0.4, 0.5) is 5.82 Å². The molecular formula is C25H31N5O. The van der Waals surface area contributed by atoms with Crippen molar-refractivity contribution in [2.45, 2.75) is 33.7 Å². The van der Waals surface area contributed by atoms with E-state index in [1.807, 2.05) is 30.0 Å². The lowest BCUT2D eigenvalue weighted by Crippen LogP contribution is -2.41. The van der Waals surface area contributed by atoms with Crippen molar-refractivity contribution in [1.82, 2.24) is 19.8 Å². The number of rotatable bonds is 7. The Bertz CT molecular complexity index is 1080. The molecule has 162 valence electrons. The van der Waals surface area contributed by atoms with Gasteiger partial charge in [0.25, 0.3) is 5.91 Å². The highest BCUT2D eigenvalue weighted by Gasteiger charge is 2.25. The fraction of sp³-hybridized carbons (Fsp3) is 0.360. The number of carbonyl (C=O) groups is 1. The number of hydrogen-bond acceptors (Lipinski definition) is 4. The molecule has 2 N–H and O–H groups in total. The first-order valence-electron chi connectivity index (χ1n) is 11.0. The zero-order chi connectivity index (χ0) is 21.8. The predicted octanol–water partition coefficient (Wildman–Crippen LogP) is 4.84. The highest BCUT2D eigenvalue weighted by atomic mass is 16.2. The molecule has 0 unspecified atom stereocenters. The lowest BCUT2D eigenvalue weighted by atomic mass is 10.1. The summed E-state index contributed by atoms with van der Waals surface area (Å²) in [6, 6.07) is 12.0. The summed E-state index contributed by atoms with van der Waals surface area (Å²) in [4.78, 5) is 25.2. The molecule has 31 heavy (non-hydrogen) atoms. The highest BCUT2D eigenvalue weighted by molar-refractivity contribution is 5.99. The van der Waals surface area contributed by atoms with Gasteiger partial charge in [0, 0.05) is 61.4 Å². The Labute approximate surface area is 184 Å². The molecule has 0 atom stereocenters. The third kappa shape index (κ3) is 4.74. The molecule has 6 heteroatoms. The first kappa shape index (κ1) is 21.0. The van der Waals surface area contributed by atoms with Crippen LogP contribution in [-0.2, 0) is 6.54 Å². The van der Waals surface area contributed by atoms with E-state index >= 15 is 0 Å². The minimum Gasteiger partial charge on any atom is -0.370 e. The second-order valence-electron chi connectivity index (χ2n) is 8.57. The van der Waals surface area contributed by atoms with Gasteiger partial charge in [-0.3, -0.25) is 4.79 Å². The average Bonchev–Trinajstić information content (AvgIpc) is 3.16. The van der Waals surface area contributed by atoms with E-state index < -0.39 is 0 Å². The smallest absolute Gasteiger partial charge is 0.261 e. The molecule has 6 nitrogen and oxygen atoms in total. The standard InChI is InChI=1S/C25H31N5O/c1-18(2)10-12-27-24-22(8-6-11-26-24)25(31)30-14-13-29(16-19(30)3)17-20-15-28-23-9-5-4-7-21(20)23/h4-9,11,15-16,18,28H,10,12-14,17H2,1-3H3,(H,26,27). The normalized spacial score (nSPS) is 14.3. The first-order chi connectivity index (χ1) is 15.0. The minimum atomic E-state index is 0.000594. The van der Waals surface area contributed by atoms with Crippen LogP contribution in [0, 0.1) is 5.92 Å². The SMILES string of the molecule is CC1=CN(Cc2c[nH]c3ccccc23)CCN1C(=O)c1cccnc1NCCC(C)C. The summed E-state index contributed by atoms with van der Waals surface area (Å²) < 4.78 is 0. The van der Waals surface area contributed by atoms with Gasteiger partial charge in [-0.15, -0.1) is 0 Å². The van der Waals surface area contributed by atoms with Crippen LogP contribution in [0.2, 0.25) is 0 Å². The number of anilines is 1. The van der Waals surface area contributed by atoms with Crippen molar-refractivity contribution < 1.29 is 4.79 Å². The zero-order valence-corrected chi connectivity index (χ0v) is 18.6. The number of aromatic nitrogens is 2. The molecule has 4 rings (SSSR count). The number of amides is 1. The summed E-state index contributed by atoms with van der Waals surface area (Å²) >= 11 is 0. The van der Waals surface area contributed by atoms with Crippen molar-refractivity contribution in [3.05, 3.63) is 71.8 Å². The minimum absolute atomic E-state index is 0.000594. The molecule has 0 aliphatic carbocycles. The summed E-state index contributed by atoms with van der Waals surface area (Å²) in [6.45, 7) is 9.46. The molecule has 3 heterocycles. The van der Waals surface area contributed by atoms with Gasteiger partial charge in [-0.2, -0.15) is 0 Å². The van der Waals surface area contributed by atoms with Gasteiger partial charge in [-0.1, -0.05) is 32.0 Å². The van der Waals surface area contributed by atoms with Crippen LogP contribution in [0.5, 0.6) is 0 Å². The summed E-state index contributed by atoms with van der Waals surface area (Å²) in [6.07, 6.45) is 6.94. The predicted molar refractivity (Wildman–Crippen MR) is 126 cm³/mol. The second kappa shape index (κ2) is 9.25. The fourth-order valence-electron chi connectivity index (χ4n) is 4.01. The Kier molecular flexibility index (Phi) is 6.26. The van der Waals surface area contributed by atoms with Crippen LogP contribution in [0.3, 0.4) is 0 Å². The van der Waals surface area contributed by atoms with Crippen molar-refractivity contribution in [3.63, 3.8) is 0 Å². The van der Waals surface area contributed by atoms with E-state index in [0.29, 0.717) is 23.8 Å². The van der Waals surface area contributed by atoms with E-state index in [0.717, 1.165) is 37.3 Å². The Morgan fingerprint density at radius 2 is 2.03 bits per heavy atom. The van der Waals surface area contributed by atoms with Gasteiger partial charge in [-0.25, -0.2) is 4.98 Å². The largest absolute Gasteiger partial charge is 0.370 e. The molecule has 2 aromatic heterocycles. The maximum Gasteiger partial charge on any atom is 0.261 e. The van der Waals surface area contributed by atoms with Crippen molar-refractivity contribution in [3.8, 4) is 0 Å². The lowest BCUT2D eigenvalue weighted by molar-refractivity contribution is 0.0774. The Morgan fingerprint density at radius 3 is 2.84 bits per heavy atom. The summed E-state index contributed by atoms with van der Waals surface area (Å²) in [5, 5.41) is 4.59. The summed E-state index contributed by atoms with van der Waals surface area (Å²) in [5.41, 5.74) is 4.00. The van der Waals surface area contributed by atoms with Crippen LogP contribution in [0.1, 0.15) is 43.1 Å². The van der Waals surface area contributed by atoms with E-state index in [-0.39, 0.29) is 5.91 Å². The molecule has 0 fully saturated rings. The van der Waals surface area contributed by atoms with Crippen LogP contribution in [-0.4, -0.2) is 45.3 Å². The molecular weight excluding hydrogens is 386 g/mol. The number of fused-ring (bicyclic) bond motifs is 1. The number of para-hydroxylation sites is 1. The molecule has 1 aliphatic rings. The molecule has 0 saturated heterocycles. The molecule has 0 spiro atoms. The van der Waals surface area contributed by atoms with Crippen LogP contribution >= 0.6 is 0 Å². The summed E-state index contributed by atoms with van der Waals surface area (Å²) in [5.74, 6) is 1.27. The van der Waals surface area contributed by atoms with Gasteiger partial charge in [0.1, 0.15) is 5.82 Å². The maximum absolute atomic E-state index is 13.3. The molecule has 3 aromatic rings. The van der Waals surface area contributed by atoms with Crippen LogP contribution in [0.25, 0.3) is 10.9 Å². The van der Waals surface area contributed by atoms with Gasteiger partial charge >= 0.3 is 0 Å². The number of hydrogen-bond donors (Lipinski definition) is 2. The highest BCUT2D eigenvalue weighted by Crippen LogP contribution is 2.23. The Balaban J connectivity index is 1.46. The van der Waals surface area contributed by atoms with Crippen LogP contribution in [0.15, 0.2) is 60.7 Å². The fourth-order valence-corrected chi connectivity index (χ4v) is 4.01. The third-order valence-corrected chi connectivity index (χ3v) is 5.75. The van der Waals surface area contributed by atoms with Gasteiger partial charge < -0.3 is 20.1 Å². The molecule has 0 bridgehead atoms. The quantitative estimate of drug-likeness (QED) is 0.577. The summed E-state index contributed by atoms with van der Waals surface area (Å²) in [7, 11) is 0. The van der Waals surface area contributed by atoms with Crippen molar-refractivity contribution in [2.75, 3.05) is 25.0 Å². The number of H-pyrrole nitrogens is 1.